The van der Waals surface area contributed by atoms with Crippen LogP contribution in [-0.4, -0.2) is 15.0 Å². The second-order valence-corrected chi connectivity index (χ2v) is 5.85. The molecule has 0 spiro atoms. The Hall–Kier alpha value is -2.15. The van der Waals surface area contributed by atoms with Crippen LogP contribution < -0.4 is 0 Å². The smallest absolute Gasteiger partial charge is 0.235 e. The predicted molar refractivity (Wildman–Crippen MR) is 83.7 cm³/mol. The zero-order chi connectivity index (χ0) is 16.4. The highest BCUT2D eigenvalue weighted by molar-refractivity contribution is 9.10. The molecule has 0 saturated carbocycles. The molecule has 0 bridgehead atoms. The number of rotatable bonds is 3. The number of alkyl halides is 3. The molecular formula is C16H11BrF3N3. The lowest BCUT2D eigenvalue weighted by Crippen LogP contribution is -2.16. The van der Waals surface area contributed by atoms with E-state index in [1.165, 1.54) is 0 Å². The van der Waals surface area contributed by atoms with Gasteiger partial charge in [-0.2, -0.15) is 13.2 Å². The van der Waals surface area contributed by atoms with Gasteiger partial charge in [0, 0.05) is 10.0 Å². The number of aromatic nitrogens is 3. The van der Waals surface area contributed by atoms with E-state index in [1.807, 2.05) is 0 Å². The van der Waals surface area contributed by atoms with Crippen LogP contribution in [0.2, 0.25) is 0 Å². The van der Waals surface area contributed by atoms with Crippen molar-refractivity contribution >= 4 is 15.9 Å². The molecule has 3 aromatic rings. The van der Waals surface area contributed by atoms with E-state index >= 15 is 0 Å². The van der Waals surface area contributed by atoms with Gasteiger partial charge in [-0.3, -0.25) is 0 Å². The van der Waals surface area contributed by atoms with Crippen LogP contribution in [0.1, 0.15) is 11.3 Å². The molecule has 0 aliphatic carbocycles. The van der Waals surface area contributed by atoms with E-state index in [-0.39, 0.29) is 12.2 Å². The summed E-state index contributed by atoms with van der Waals surface area (Å²) in [6.07, 6.45) is -4.54. The van der Waals surface area contributed by atoms with E-state index in [2.05, 4.69) is 26.2 Å². The van der Waals surface area contributed by atoms with Gasteiger partial charge in [-0.05, 0) is 17.7 Å². The lowest BCUT2D eigenvalue weighted by atomic mass is 10.1. The zero-order valence-electron chi connectivity index (χ0n) is 11.8. The summed E-state index contributed by atoms with van der Waals surface area (Å²) < 4.78 is 42.2. The van der Waals surface area contributed by atoms with Gasteiger partial charge in [-0.25, -0.2) is 4.68 Å². The first kappa shape index (κ1) is 15.7. The summed E-state index contributed by atoms with van der Waals surface area (Å²) in [5.74, 6) is 0. The predicted octanol–water partition coefficient (Wildman–Crippen LogP) is 4.77. The van der Waals surface area contributed by atoms with E-state index in [0.717, 1.165) is 9.15 Å². The first-order chi connectivity index (χ1) is 10.9. The number of benzene rings is 2. The van der Waals surface area contributed by atoms with Gasteiger partial charge in [-0.1, -0.05) is 63.6 Å². The Morgan fingerprint density at radius 3 is 2.22 bits per heavy atom. The van der Waals surface area contributed by atoms with Crippen molar-refractivity contribution in [2.75, 3.05) is 0 Å². The van der Waals surface area contributed by atoms with E-state index in [4.69, 9.17) is 0 Å². The largest absolute Gasteiger partial charge is 0.435 e. The summed E-state index contributed by atoms with van der Waals surface area (Å²) in [6, 6.07) is 15.3. The lowest BCUT2D eigenvalue weighted by Gasteiger charge is -2.11. The molecule has 0 aliphatic heterocycles. The minimum absolute atomic E-state index is 0.00194. The van der Waals surface area contributed by atoms with Crippen molar-refractivity contribution in [3.8, 4) is 11.3 Å². The third kappa shape index (κ3) is 3.44. The van der Waals surface area contributed by atoms with Crippen LogP contribution in [0.5, 0.6) is 0 Å². The van der Waals surface area contributed by atoms with Crippen molar-refractivity contribution < 1.29 is 13.2 Å². The molecule has 2 aromatic carbocycles. The maximum atomic E-state index is 13.5. The molecule has 118 valence electrons. The first-order valence-corrected chi connectivity index (χ1v) is 7.55. The van der Waals surface area contributed by atoms with Gasteiger partial charge >= 0.3 is 6.18 Å². The molecule has 0 atom stereocenters. The topological polar surface area (TPSA) is 30.7 Å². The summed E-state index contributed by atoms with van der Waals surface area (Å²) in [5, 5.41) is 7.46. The Balaban J connectivity index is 2.04. The number of hydrogen-bond donors (Lipinski definition) is 0. The molecule has 0 unspecified atom stereocenters. The molecule has 0 N–H and O–H groups in total. The SMILES string of the molecule is FC(F)(F)c1c(-c2ccccc2)nnn1Cc1ccc(Br)cc1. The summed E-state index contributed by atoms with van der Waals surface area (Å²) in [7, 11) is 0. The van der Waals surface area contributed by atoms with E-state index in [0.29, 0.717) is 11.1 Å². The summed E-state index contributed by atoms with van der Waals surface area (Å²) in [4.78, 5) is 0. The third-order valence-electron chi connectivity index (χ3n) is 3.30. The fraction of sp³-hybridized carbons (Fsp3) is 0.125. The second kappa shape index (κ2) is 6.16. The van der Waals surface area contributed by atoms with Crippen LogP contribution in [0.25, 0.3) is 11.3 Å². The molecule has 3 nitrogen and oxygen atoms in total. The third-order valence-corrected chi connectivity index (χ3v) is 3.83. The standard InChI is InChI=1S/C16H11BrF3N3/c17-13-8-6-11(7-9-13)10-23-15(16(18,19)20)14(21-22-23)12-4-2-1-3-5-12/h1-9H,10H2. The second-order valence-electron chi connectivity index (χ2n) is 4.93. The number of halogens is 4. The van der Waals surface area contributed by atoms with Crippen LogP contribution in [-0.2, 0) is 12.7 Å². The quantitative estimate of drug-likeness (QED) is 0.653. The Morgan fingerprint density at radius 2 is 1.61 bits per heavy atom. The zero-order valence-corrected chi connectivity index (χ0v) is 13.3. The summed E-state index contributed by atoms with van der Waals surface area (Å²) in [5.41, 5.74) is 0.104. The lowest BCUT2D eigenvalue weighted by molar-refractivity contribution is -0.143. The highest BCUT2D eigenvalue weighted by atomic mass is 79.9. The van der Waals surface area contributed by atoms with Crippen molar-refractivity contribution in [1.29, 1.82) is 0 Å². The molecule has 0 aliphatic rings. The fourth-order valence-electron chi connectivity index (χ4n) is 2.26. The van der Waals surface area contributed by atoms with Gasteiger partial charge in [0.05, 0.1) is 6.54 Å². The fourth-order valence-corrected chi connectivity index (χ4v) is 2.52. The van der Waals surface area contributed by atoms with Crippen LogP contribution in [0.15, 0.2) is 59.1 Å². The Morgan fingerprint density at radius 1 is 0.957 bits per heavy atom. The van der Waals surface area contributed by atoms with Gasteiger partial charge in [0.15, 0.2) is 5.69 Å². The van der Waals surface area contributed by atoms with Crippen molar-refractivity contribution in [1.82, 2.24) is 15.0 Å². The van der Waals surface area contributed by atoms with E-state index in [9.17, 15) is 13.2 Å². The number of hydrogen-bond acceptors (Lipinski definition) is 2. The molecule has 23 heavy (non-hydrogen) atoms. The molecule has 0 amide bonds. The van der Waals surface area contributed by atoms with Gasteiger partial charge < -0.3 is 0 Å². The molecule has 7 heteroatoms. The molecular weight excluding hydrogens is 371 g/mol. The van der Waals surface area contributed by atoms with Crippen molar-refractivity contribution in [3.05, 3.63) is 70.3 Å². The maximum absolute atomic E-state index is 13.5. The molecule has 0 fully saturated rings. The molecule has 1 aromatic heterocycles. The van der Waals surface area contributed by atoms with E-state index in [1.54, 1.807) is 54.6 Å². The average Bonchev–Trinajstić information content (AvgIpc) is 2.94. The van der Waals surface area contributed by atoms with Crippen LogP contribution in [0, 0.1) is 0 Å². The first-order valence-electron chi connectivity index (χ1n) is 6.75. The normalized spacial score (nSPS) is 11.7. The van der Waals surface area contributed by atoms with Crippen molar-refractivity contribution in [2.24, 2.45) is 0 Å². The summed E-state index contributed by atoms with van der Waals surface area (Å²) in [6.45, 7) is 0.00194. The number of nitrogens with zero attached hydrogens (tertiary/aromatic N) is 3. The highest BCUT2D eigenvalue weighted by Crippen LogP contribution is 2.36. The summed E-state index contributed by atoms with van der Waals surface area (Å²) >= 11 is 3.30. The molecule has 1 heterocycles. The molecule has 0 saturated heterocycles. The minimum Gasteiger partial charge on any atom is -0.235 e. The van der Waals surface area contributed by atoms with Gasteiger partial charge in [0.1, 0.15) is 5.69 Å². The molecule has 3 rings (SSSR count). The van der Waals surface area contributed by atoms with Gasteiger partial charge in [0.2, 0.25) is 0 Å². The Labute approximate surface area is 138 Å². The monoisotopic (exact) mass is 381 g/mol. The van der Waals surface area contributed by atoms with Crippen LogP contribution >= 0.6 is 15.9 Å². The van der Waals surface area contributed by atoms with E-state index < -0.39 is 11.9 Å². The van der Waals surface area contributed by atoms with Crippen LogP contribution in [0.4, 0.5) is 13.2 Å². The van der Waals surface area contributed by atoms with Gasteiger partial charge in [0.25, 0.3) is 0 Å². The molecule has 0 radical (unpaired) electrons. The van der Waals surface area contributed by atoms with Crippen molar-refractivity contribution in [3.63, 3.8) is 0 Å². The Bertz CT molecular complexity index is 796. The highest BCUT2D eigenvalue weighted by Gasteiger charge is 2.39. The minimum atomic E-state index is -4.54. The maximum Gasteiger partial charge on any atom is 0.435 e. The average molecular weight is 382 g/mol. The Kier molecular flexibility index (Phi) is 4.21. The van der Waals surface area contributed by atoms with Crippen molar-refractivity contribution in [2.45, 2.75) is 12.7 Å². The van der Waals surface area contributed by atoms with Crippen LogP contribution in [0.3, 0.4) is 0 Å². The van der Waals surface area contributed by atoms with Gasteiger partial charge in [-0.15, -0.1) is 5.10 Å².